The van der Waals surface area contributed by atoms with Crippen molar-refractivity contribution in [3.63, 3.8) is 0 Å². The van der Waals surface area contributed by atoms with Crippen LogP contribution >= 0.6 is 0 Å². The molecule has 0 aromatic heterocycles. The smallest absolute Gasteiger partial charge is 0.122 e. The molecule has 18 heavy (non-hydrogen) atoms. The molecule has 0 amide bonds. The minimum Gasteiger partial charge on any atom is -0.496 e. The molecule has 1 nitrogen and oxygen atoms in total. The number of ether oxygens (including phenoxy) is 1. The van der Waals surface area contributed by atoms with Gasteiger partial charge in [-0.15, -0.1) is 0 Å². The second-order valence-electron chi connectivity index (χ2n) is 6.00. The molecule has 1 aromatic rings. The van der Waals surface area contributed by atoms with Crippen LogP contribution in [0.5, 0.6) is 5.75 Å². The number of benzene rings is 1. The Morgan fingerprint density at radius 2 is 1.89 bits per heavy atom. The second kappa shape index (κ2) is 6.26. The quantitative estimate of drug-likeness (QED) is 0.731. The molecule has 2 rings (SSSR count). The zero-order valence-corrected chi connectivity index (χ0v) is 12.0. The molecule has 0 spiro atoms. The van der Waals surface area contributed by atoms with Crippen molar-refractivity contribution in [3.05, 3.63) is 29.3 Å². The molecule has 0 aliphatic heterocycles. The molecule has 0 atom stereocenters. The zero-order valence-electron chi connectivity index (χ0n) is 12.0. The van der Waals surface area contributed by atoms with Crippen molar-refractivity contribution in [1.82, 2.24) is 0 Å². The standard InChI is InChI=1S/C17H26O/c1-13(2)11-16-12-15(9-10-17(16)18-3)14-7-5-4-6-8-14/h9-10,12-14H,4-8,11H2,1-3H3. The van der Waals surface area contributed by atoms with Gasteiger partial charge in [-0.2, -0.15) is 0 Å². The maximum absolute atomic E-state index is 5.49. The molecule has 1 aliphatic rings. The molecule has 1 aliphatic carbocycles. The third-order valence-corrected chi connectivity index (χ3v) is 4.01. The molecule has 0 bridgehead atoms. The van der Waals surface area contributed by atoms with Crippen LogP contribution in [0.2, 0.25) is 0 Å². The van der Waals surface area contributed by atoms with E-state index in [1.807, 2.05) is 0 Å². The largest absolute Gasteiger partial charge is 0.496 e. The van der Waals surface area contributed by atoms with Crippen LogP contribution in [0.15, 0.2) is 18.2 Å². The molecule has 0 radical (unpaired) electrons. The second-order valence-corrected chi connectivity index (χ2v) is 6.00. The van der Waals surface area contributed by atoms with E-state index < -0.39 is 0 Å². The number of hydrogen-bond donors (Lipinski definition) is 0. The topological polar surface area (TPSA) is 9.23 Å². The Morgan fingerprint density at radius 3 is 2.50 bits per heavy atom. The van der Waals surface area contributed by atoms with Gasteiger partial charge < -0.3 is 4.74 Å². The Hall–Kier alpha value is -0.980. The number of hydrogen-bond acceptors (Lipinski definition) is 1. The van der Waals surface area contributed by atoms with E-state index in [2.05, 4.69) is 32.0 Å². The summed E-state index contributed by atoms with van der Waals surface area (Å²) in [6, 6.07) is 6.84. The fourth-order valence-corrected chi connectivity index (χ4v) is 3.09. The maximum atomic E-state index is 5.49. The van der Waals surface area contributed by atoms with Gasteiger partial charge >= 0.3 is 0 Å². The lowest BCUT2D eigenvalue weighted by atomic mass is 9.83. The van der Waals surface area contributed by atoms with Gasteiger partial charge in [0.25, 0.3) is 0 Å². The van der Waals surface area contributed by atoms with Crippen molar-refractivity contribution in [2.24, 2.45) is 5.92 Å². The first-order valence-electron chi connectivity index (χ1n) is 7.37. The van der Waals surface area contributed by atoms with Gasteiger partial charge in [0.15, 0.2) is 0 Å². The fraction of sp³-hybridized carbons (Fsp3) is 0.647. The highest BCUT2D eigenvalue weighted by Gasteiger charge is 2.17. The average Bonchev–Trinajstić information content (AvgIpc) is 2.39. The van der Waals surface area contributed by atoms with Gasteiger partial charge in [-0.25, -0.2) is 0 Å². The number of rotatable bonds is 4. The van der Waals surface area contributed by atoms with Crippen molar-refractivity contribution in [1.29, 1.82) is 0 Å². The van der Waals surface area contributed by atoms with E-state index in [9.17, 15) is 0 Å². The summed E-state index contributed by atoms with van der Waals surface area (Å²) in [4.78, 5) is 0. The molecular weight excluding hydrogens is 220 g/mol. The molecule has 100 valence electrons. The minimum atomic E-state index is 0.681. The van der Waals surface area contributed by atoms with E-state index in [1.165, 1.54) is 43.2 Å². The van der Waals surface area contributed by atoms with Crippen LogP contribution in [-0.2, 0) is 6.42 Å². The van der Waals surface area contributed by atoms with Crippen LogP contribution in [0.1, 0.15) is 63.0 Å². The predicted molar refractivity (Wildman–Crippen MR) is 77.4 cm³/mol. The first-order chi connectivity index (χ1) is 8.70. The van der Waals surface area contributed by atoms with Gasteiger partial charge in [0, 0.05) is 0 Å². The van der Waals surface area contributed by atoms with Gasteiger partial charge in [0.2, 0.25) is 0 Å². The lowest BCUT2D eigenvalue weighted by molar-refractivity contribution is 0.405. The highest BCUT2D eigenvalue weighted by Crippen LogP contribution is 2.35. The predicted octanol–water partition coefficient (Wildman–Crippen LogP) is 4.94. The molecule has 1 fully saturated rings. The lowest BCUT2D eigenvalue weighted by Gasteiger charge is -2.23. The van der Waals surface area contributed by atoms with E-state index in [0.29, 0.717) is 5.92 Å². The highest BCUT2D eigenvalue weighted by molar-refractivity contribution is 5.39. The van der Waals surface area contributed by atoms with Crippen LogP contribution < -0.4 is 4.74 Å². The van der Waals surface area contributed by atoms with Crippen LogP contribution in [0.3, 0.4) is 0 Å². The van der Waals surface area contributed by atoms with Crippen molar-refractivity contribution < 1.29 is 4.74 Å². The van der Waals surface area contributed by atoms with Gasteiger partial charge in [0.05, 0.1) is 7.11 Å². The number of methoxy groups -OCH3 is 1. The van der Waals surface area contributed by atoms with Gasteiger partial charge in [-0.05, 0) is 48.3 Å². The summed E-state index contributed by atoms with van der Waals surface area (Å²) >= 11 is 0. The normalized spacial score (nSPS) is 17.1. The SMILES string of the molecule is COc1ccc(C2CCCCC2)cc1CC(C)C. The molecule has 1 saturated carbocycles. The Labute approximate surface area is 112 Å². The van der Waals surface area contributed by atoms with Gasteiger partial charge in [-0.1, -0.05) is 45.2 Å². The summed E-state index contributed by atoms with van der Waals surface area (Å²) in [5.41, 5.74) is 2.92. The van der Waals surface area contributed by atoms with Gasteiger partial charge in [-0.3, -0.25) is 0 Å². The first-order valence-corrected chi connectivity index (χ1v) is 7.37. The van der Waals surface area contributed by atoms with Crippen molar-refractivity contribution in [2.75, 3.05) is 7.11 Å². The molecule has 1 heteroatoms. The van der Waals surface area contributed by atoms with E-state index in [4.69, 9.17) is 4.74 Å². The Kier molecular flexibility index (Phi) is 4.68. The Balaban J connectivity index is 2.20. The van der Waals surface area contributed by atoms with E-state index in [1.54, 1.807) is 7.11 Å². The zero-order chi connectivity index (χ0) is 13.0. The van der Waals surface area contributed by atoms with Crippen molar-refractivity contribution in [2.45, 2.75) is 58.3 Å². The van der Waals surface area contributed by atoms with Crippen LogP contribution in [-0.4, -0.2) is 7.11 Å². The summed E-state index contributed by atoms with van der Waals surface area (Å²) in [6.07, 6.45) is 8.07. The molecular formula is C17H26O. The van der Waals surface area contributed by atoms with E-state index >= 15 is 0 Å². The maximum Gasteiger partial charge on any atom is 0.122 e. The molecule has 1 aromatic carbocycles. The van der Waals surface area contributed by atoms with Crippen molar-refractivity contribution >= 4 is 0 Å². The summed E-state index contributed by atoms with van der Waals surface area (Å²) in [6.45, 7) is 4.54. The molecule has 0 unspecified atom stereocenters. The summed E-state index contributed by atoms with van der Waals surface area (Å²) in [7, 11) is 1.78. The van der Waals surface area contributed by atoms with Gasteiger partial charge in [0.1, 0.15) is 5.75 Å². The molecule has 0 N–H and O–H groups in total. The Morgan fingerprint density at radius 1 is 1.17 bits per heavy atom. The Bertz CT molecular complexity index is 375. The van der Waals surface area contributed by atoms with E-state index in [-0.39, 0.29) is 0 Å². The molecule has 0 saturated heterocycles. The minimum absolute atomic E-state index is 0.681. The monoisotopic (exact) mass is 246 g/mol. The highest BCUT2D eigenvalue weighted by atomic mass is 16.5. The van der Waals surface area contributed by atoms with Crippen LogP contribution in [0.4, 0.5) is 0 Å². The lowest BCUT2D eigenvalue weighted by Crippen LogP contribution is -2.06. The fourth-order valence-electron chi connectivity index (χ4n) is 3.09. The third kappa shape index (κ3) is 3.28. The molecule has 0 heterocycles. The van der Waals surface area contributed by atoms with Crippen LogP contribution in [0.25, 0.3) is 0 Å². The van der Waals surface area contributed by atoms with E-state index in [0.717, 1.165) is 18.1 Å². The summed E-state index contributed by atoms with van der Waals surface area (Å²) < 4.78 is 5.49. The van der Waals surface area contributed by atoms with Crippen molar-refractivity contribution in [3.8, 4) is 5.75 Å². The first kappa shape index (κ1) is 13.5. The van der Waals surface area contributed by atoms with Crippen LogP contribution in [0, 0.1) is 5.92 Å². The third-order valence-electron chi connectivity index (χ3n) is 4.01. The summed E-state index contributed by atoms with van der Waals surface area (Å²) in [5, 5.41) is 0. The summed E-state index contributed by atoms with van der Waals surface area (Å²) in [5.74, 6) is 2.53. The average molecular weight is 246 g/mol.